The van der Waals surface area contributed by atoms with E-state index >= 15 is 0 Å². The molecule has 0 saturated heterocycles. The van der Waals surface area contributed by atoms with Crippen molar-refractivity contribution in [2.24, 2.45) is 0 Å². The molecule has 0 saturated carbocycles. The molecule has 3 nitrogen and oxygen atoms in total. The first-order valence-corrected chi connectivity index (χ1v) is 10.6. The maximum absolute atomic E-state index is 13.1. The molecular formula is C26H21NO2S. The van der Waals surface area contributed by atoms with Gasteiger partial charge in [0.1, 0.15) is 0 Å². The fourth-order valence-electron chi connectivity index (χ4n) is 3.39. The van der Waals surface area contributed by atoms with Gasteiger partial charge in [-0.05, 0) is 23.3 Å². The summed E-state index contributed by atoms with van der Waals surface area (Å²) in [7, 11) is 0. The van der Waals surface area contributed by atoms with Gasteiger partial charge in [-0.3, -0.25) is 9.59 Å². The Morgan fingerprint density at radius 1 is 0.700 bits per heavy atom. The van der Waals surface area contributed by atoms with Crippen molar-refractivity contribution in [2.45, 2.75) is 12.5 Å². The molecule has 1 aromatic heterocycles. The number of thiophene rings is 1. The number of hydrogen-bond acceptors (Lipinski definition) is 3. The van der Waals surface area contributed by atoms with Gasteiger partial charge in [-0.25, -0.2) is 0 Å². The highest BCUT2D eigenvalue weighted by molar-refractivity contribution is 7.14. The van der Waals surface area contributed by atoms with Crippen LogP contribution in [0.4, 0.5) is 0 Å². The summed E-state index contributed by atoms with van der Waals surface area (Å²) < 4.78 is 0. The van der Waals surface area contributed by atoms with Crippen LogP contribution in [-0.2, 0) is 11.3 Å². The van der Waals surface area contributed by atoms with Gasteiger partial charge in [0.2, 0.25) is 11.7 Å². The number of rotatable bonds is 7. The molecule has 0 aliphatic rings. The summed E-state index contributed by atoms with van der Waals surface area (Å²) in [5.74, 6) is -0.431. The molecular weight excluding hydrogens is 390 g/mol. The second-order valence-electron chi connectivity index (χ2n) is 6.93. The molecule has 1 heterocycles. The Bertz CT molecular complexity index is 1080. The maximum Gasteiger partial charge on any atom is 0.232 e. The van der Waals surface area contributed by atoms with Gasteiger partial charge in [0, 0.05) is 10.4 Å². The normalized spacial score (nSPS) is 10.7. The minimum Gasteiger partial charge on any atom is -0.350 e. The molecule has 4 aromatic rings. The molecule has 0 aliphatic heterocycles. The monoisotopic (exact) mass is 411 g/mol. The summed E-state index contributed by atoms with van der Waals surface area (Å²) in [6, 6.07) is 32.5. The molecule has 1 N–H and O–H groups in total. The van der Waals surface area contributed by atoms with Gasteiger partial charge in [0.15, 0.2) is 0 Å². The smallest absolute Gasteiger partial charge is 0.232 e. The summed E-state index contributed by atoms with van der Waals surface area (Å²) in [5.41, 5.74) is 2.57. The SMILES string of the molecule is O=C(c1ccccc1)c1ccc(CNC(=O)C(c2ccccc2)c2ccccc2)s1. The average Bonchev–Trinajstić information content (AvgIpc) is 3.28. The highest BCUT2D eigenvalue weighted by Crippen LogP contribution is 2.25. The molecule has 3 aromatic carbocycles. The van der Waals surface area contributed by atoms with Crippen LogP contribution >= 0.6 is 11.3 Å². The Balaban J connectivity index is 1.48. The molecule has 4 rings (SSSR count). The number of ketones is 1. The van der Waals surface area contributed by atoms with Crippen LogP contribution in [0.25, 0.3) is 0 Å². The first kappa shape index (κ1) is 19.8. The van der Waals surface area contributed by atoms with Gasteiger partial charge in [0.05, 0.1) is 17.3 Å². The van der Waals surface area contributed by atoms with Crippen LogP contribution in [0.1, 0.15) is 37.2 Å². The number of carbonyl (C=O) groups excluding carboxylic acids is 2. The summed E-state index contributed by atoms with van der Waals surface area (Å²) in [6.45, 7) is 0.391. The van der Waals surface area contributed by atoms with E-state index in [9.17, 15) is 9.59 Å². The molecule has 0 atom stereocenters. The predicted molar refractivity (Wildman–Crippen MR) is 121 cm³/mol. The van der Waals surface area contributed by atoms with Crippen LogP contribution < -0.4 is 5.32 Å². The van der Waals surface area contributed by atoms with Gasteiger partial charge in [-0.2, -0.15) is 0 Å². The van der Waals surface area contributed by atoms with Crippen molar-refractivity contribution in [3.05, 3.63) is 130 Å². The summed E-state index contributed by atoms with van der Waals surface area (Å²) in [4.78, 5) is 27.3. The molecule has 1 amide bonds. The summed E-state index contributed by atoms with van der Waals surface area (Å²) in [5, 5.41) is 3.05. The first-order valence-electron chi connectivity index (χ1n) is 9.78. The van der Waals surface area contributed by atoms with Crippen molar-refractivity contribution >= 4 is 23.0 Å². The summed E-state index contributed by atoms with van der Waals surface area (Å²) >= 11 is 1.42. The molecule has 0 spiro atoms. The van der Waals surface area contributed by atoms with E-state index in [-0.39, 0.29) is 17.6 Å². The number of amides is 1. The number of hydrogen-bond donors (Lipinski definition) is 1. The van der Waals surface area contributed by atoms with Gasteiger partial charge in [-0.15, -0.1) is 11.3 Å². The molecule has 4 heteroatoms. The van der Waals surface area contributed by atoms with Crippen molar-refractivity contribution in [1.82, 2.24) is 5.32 Å². The van der Waals surface area contributed by atoms with Crippen LogP contribution in [0.5, 0.6) is 0 Å². The van der Waals surface area contributed by atoms with Crippen LogP contribution in [0, 0.1) is 0 Å². The van der Waals surface area contributed by atoms with Crippen LogP contribution in [0.3, 0.4) is 0 Å². The van der Waals surface area contributed by atoms with Crippen molar-refractivity contribution < 1.29 is 9.59 Å². The highest BCUT2D eigenvalue weighted by Gasteiger charge is 2.22. The molecule has 0 bridgehead atoms. The van der Waals surface area contributed by atoms with E-state index in [1.807, 2.05) is 103 Å². The van der Waals surface area contributed by atoms with E-state index in [0.29, 0.717) is 17.0 Å². The van der Waals surface area contributed by atoms with Crippen LogP contribution in [-0.4, -0.2) is 11.7 Å². The standard InChI is InChI=1S/C26H21NO2S/c28-25(21-14-8-3-9-15-21)23-17-16-22(30-23)18-27-26(29)24(19-10-4-1-5-11-19)20-12-6-2-7-13-20/h1-17,24H,18H2,(H,27,29). The Morgan fingerprint density at radius 3 is 1.80 bits per heavy atom. The van der Waals surface area contributed by atoms with Gasteiger partial charge in [-0.1, -0.05) is 91.0 Å². The zero-order valence-electron chi connectivity index (χ0n) is 16.3. The third-order valence-electron chi connectivity index (χ3n) is 4.89. The maximum atomic E-state index is 13.1. The lowest BCUT2D eigenvalue weighted by molar-refractivity contribution is -0.121. The second-order valence-corrected chi connectivity index (χ2v) is 8.10. The lowest BCUT2D eigenvalue weighted by Gasteiger charge is -2.17. The lowest BCUT2D eigenvalue weighted by atomic mass is 9.90. The number of benzene rings is 3. The molecule has 0 unspecified atom stereocenters. The highest BCUT2D eigenvalue weighted by atomic mass is 32.1. The fraction of sp³-hybridized carbons (Fsp3) is 0.0769. The van der Waals surface area contributed by atoms with E-state index in [1.54, 1.807) is 0 Å². The molecule has 0 radical (unpaired) electrons. The van der Waals surface area contributed by atoms with E-state index in [2.05, 4.69) is 5.32 Å². The molecule has 0 fully saturated rings. The Kier molecular flexibility index (Phi) is 6.16. The van der Waals surface area contributed by atoms with Crippen LogP contribution in [0.2, 0.25) is 0 Å². The van der Waals surface area contributed by atoms with Crippen molar-refractivity contribution in [2.75, 3.05) is 0 Å². The van der Waals surface area contributed by atoms with Crippen molar-refractivity contribution in [3.8, 4) is 0 Å². The summed E-state index contributed by atoms with van der Waals surface area (Å²) in [6.07, 6.45) is 0. The number of carbonyl (C=O) groups is 2. The quantitative estimate of drug-likeness (QED) is 0.412. The van der Waals surface area contributed by atoms with Crippen molar-refractivity contribution in [3.63, 3.8) is 0 Å². The van der Waals surface area contributed by atoms with E-state index in [0.717, 1.165) is 16.0 Å². The Morgan fingerprint density at radius 2 is 1.23 bits per heavy atom. The van der Waals surface area contributed by atoms with Gasteiger partial charge in [0.25, 0.3) is 0 Å². The average molecular weight is 412 g/mol. The van der Waals surface area contributed by atoms with E-state index < -0.39 is 0 Å². The second kappa shape index (κ2) is 9.33. The zero-order valence-corrected chi connectivity index (χ0v) is 17.1. The molecule has 0 aliphatic carbocycles. The third-order valence-corrected chi connectivity index (χ3v) is 5.97. The minimum atomic E-state index is -0.377. The number of nitrogens with one attached hydrogen (secondary N) is 1. The van der Waals surface area contributed by atoms with Gasteiger partial charge < -0.3 is 5.32 Å². The topological polar surface area (TPSA) is 46.2 Å². The Labute approximate surface area is 180 Å². The molecule has 148 valence electrons. The van der Waals surface area contributed by atoms with Gasteiger partial charge >= 0.3 is 0 Å². The third kappa shape index (κ3) is 4.56. The van der Waals surface area contributed by atoms with Crippen molar-refractivity contribution in [1.29, 1.82) is 0 Å². The van der Waals surface area contributed by atoms with Crippen LogP contribution in [0.15, 0.2) is 103 Å². The van der Waals surface area contributed by atoms with E-state index in [1.165, 1.54) is 11.3 Å². The zero-order chi connectivity index (χ0) is 20.8. The van der Waals surface area contributed by atoms with E-state index in [4.69, 9.17) is 0 Å². The first-order chi connectivity index (χ1) is 14.7. The lowest BCUT2D eigenvalue weighted by Crippen LogP contribution is -2.29. The minimum absolute atomic E-state index is 0.00428. The Hall–Kier alpha value is -3.50. The largest absolute Gasteiger partial charge is 0.350 e. The molecule has 30 heavy (non-hydrogen) atoms. The predicted octanol–water partition coefficient (Wildman–Crippen LogP) is 5.43. The fourth-order valence-corrected chi connectivity index (χ4v) is 4.30.